The van der Waals surface area contributed by atoms with Gasteiger partial charge in [-0.2, -0.15) is 5.26 Å². The SMILES string of the molecule is CCC(NC(=O)C1(C#N)CCCCC1)c1cccs1. The Labute approximate surface area is 118 Å². The number of nitrogens with one attached hydrogen (secondary N) is 1. The van der Waals surface area contributed by atoms with Crippen molar-refractivity contribution >= 4 is 17.2 Å². The molecule has 1 saturated carbocycles. The minimum atomic E-state index is -0.789. The van der Waals surface area contributed by atoms with Crippen LogP contribution >= 0.6 is 11.3 Å². The van der Waals surface area contributed by atoms with Gasteiger partial charge in [-0.25, -0.2) is 0 Å². The summed E-state index contributed by atoms with van der Waals surface area (Å²) in [5, 5.41) is 14.5. The molecule has 1 amide bonds. The molecule has 3 nitrogen and oxygen atoms in total. The topological polar surface area (TPSA) is 52.9 Å². The van der Waals surface area contributed by atoms with Gasteiger partial charge < -0.3 is 5.32 Å². The molecule has 1 aromatic heterocycles. The van der Waals surface area contributed by atoms with Crippen LogP contribution < -0.4 is 5.32 Å². The summed E-state index contributed by atoms with van der Waals surface area (Å²) in [6.45, 7) is 2.06. The second-order valence-corrected chi connectivity index (χ2v) is 6.18. The van der Waals surface area contributed by atoms with Crippen LogP contribution in [0.25, 0.3) is 0 Å². The molecule has 1 N–H and O–H groups in total. The molecule has 102 valence electrons. The van der Waals surface area contributed by atoms with E-state index in [1.807, 2.05) is 17.5 Å². The van der Waals surface area contributed by atoms with Gasteiger partial charge in [-0.15, -0.1) is 11.3 Å². The summed E-state index contributed by atoms with van der Waals surface area (Å²) >= 11 is 1.65. The van der Waals surface area contributed by atoms with Gasteiger partial charge in [0, 0.05) is 4.88 Å². The minimum Gasteiger partial charge on any atom is -0.347 e. The molecular formula is C15H20N2OS. The zero-order chi connectivity index (χ0) is 13.7. The average molecular weight is 276 g/mol. The van der Waals surface area contributed by atoms with Gasteiger partial charge >= 0.3 is 0 Å². The Morgan fingerprint density at radius 2 is 2.26 bits per heavy atom. The van der Waals surface area contributed by atoms with E-state index in [-0.39, 0.29) is 11.9 Å². The highest BCUT2D eigenvalue weighted by atomic mass is 32.1. The molecule has 2 rings (SSSR count). The Kier molecular flexibility index (Phi) is 4.60. The minimum absolute atomic E-state index is 0.0413. The van der Waals surface area contributed by atoms with Crippen LogP contribution in [0.1, 0.15) is 56.4 Å². The molecule has 0 aliphatic heterocycles. The van der Waals surface area contributed by atoms with Crippen LogP contribution in [0.2, 0.25) is 0 Å². The van der Waals surface area contributed by atoms with Gasteiger partial charge in [0.25, 0.3) is 0 Å². The molecule has 4 heteroatoms. The van der Waals surface area contributed by atoms with E-state index >= 15 is 0 Å². The zero-order valence-electron chi connectivity index (χ0n) is 11.3. The number of hydrogen-bond acceptors (Lipinski definition) is 3. The van der Waals surface area contributed by atoms with Crippen molar-refractivity contribution in [1.82, 2.24) is 5.32 Å². The summed E-state index contributed by atoms with van der Waals surface area (Å²) in [7, 11) is 0. The Bertz CT molecular complexity index is 455. The predicted molar refractivity (Wildman–Crippen MR) is 76.6 cm³/mol. The summed E-state index contributed by atoms with van der Waals surface area (Å²) in [4.78, 5) is 13.7. The fraction of sp³-hybridized carbons (Fsp3) is 0.600. The summed E-state index contributed by atoms with van der Waals surface area (Å²) in [6.07, 6.45) is 5.37. The van der Waals surface area contributed by atoms with E-state index < -0.39 is 5.41 Å². The molecule has 1 aliphatic rings. The van der Waals surface area contributed by atoms with Crippen molar-refractivity contribution in [3.63, 3.8) is 0 Å². The Balaban J connectivity index is 2.08. The molecule has 0 spiro atoms. The maximum Gasteiger partial charge on any atom is 0.240 e. The van der Waals surface area contributed by atoms with Crippen LogP contribution in [-0.4, -0.2) is 5.91 Å². The molecule has 1 aliphatic carbocycles. The first-order valence-corrected chi connectivity index (χ1v) is 7.85. The molecule has 1 fully saturated rings. The van der Waals surface area contributed by atoms with Crippen LogP contribution in [-0.2, 0) is 4.79 Å². The molecule has 1 unspecified atom stereocenters. The summed E-state index contributed by atoms with van der Waals surface area (Å²) < 4.78 is 0. The lowest BCUT2D eigenvalue weighted by Gasteiger charge is -2.30. The third-order valence-corrected chi connectivity index (χ3v) is 4.94. The van der Waals surface area contributed by atoms with Crippen molar-refractivity contribution in [2.24, 2.45) is 5.41 Å². The molecule has 19 heavy (non-hydrogen) atoms. The first kappa shape index (κ1) is 14.1. The van der Waals surface area contributed by atoms with Gasteiger partial charge in [-0.3, -0.25) is 4.79 Å². The van der Waals surface area contributed by atoms with Crippen LogP contribution in [0.3, 0.4) is 0 Å². The lowest BCUT2D eigenvalue weighted by molar-refractivity contribution is -0.130. The highest BCUT2D eigenvalue weighted by Gasteiger charge is 2.40. The van der Waals surface area contributed by atoms with Crippen molar-refractivity contribution in [2.45, 2.75) is 51.5 Å². The fourth-order valence-corrected chi connectivity index (χ4v) is 3.57. The normalized spacial score (nSPS) is 19.4. The summed E-state index contributed by atoms with van der Waals surface area (Å²) in [6, 6.07) is 6.36. The lowest BCUT2D eigenvalue weighted by atomic mass is 9.74. The van der Waals surface area contributed by atoms with Crippen molar-refractivity contribution < 1.29 is 4.79 Å². The third kappa shape index (κ3) is 2.98. The number of nitrogens with zero attached hydrogens (tertiary/aromatic N) is 1. The van der Waals surface area contributed by atoms with Crippen molar-refractivity contribution in [3.8, 4) is 6.07 Å². The number of amides is 1. The van der Waals surface area contributed by atoms with Crippen molar-refractivity contribution in [1.29, 1.82) is 5.26 Å². The zero-order valence-corrected chi connectivity index (χ0v) is 12.1. The number of nitriles is 1. The van der Waals surface area contributed by atoms with Gasteiger partial charge in [0.1, 0.15) is 5.41 Å². The second kappa shape index (κ2) is 6.21. The predicted octanol–water partition coefficient (Wildman–Crippen LogP) is 3.79. The van der Waals surface area contributed by atoms with Crippen LogP contribution in [0.4, 0.5) is 0 Å². The molecular weight excluding hydrogens is 256 g/mol. The van der Waals surface area contributed by atoms with Crippen LogP contribution in [0, 0.1) is 16.7 Å². The van der Waals surface area contributed by atoms with E-state index in [4.69, 9.17) is 0 Å². The molecule has 1 aromatic rings. The van der Waals surface area contributed by atoms with E-state index in [1.54, 1.807) is 11.3 Å². The standard InChI is InChI=1S/C15H20N2OS/c1-2-12(13-7-6-10-19-13)17-14(18)15(11-16)8-4-3-5-9-15/h6-7,10,12H,2-5,8-9H2,1H3,(H,17,18). The Morgan fingerprint density at radius 1 is 1.53 bits per heavy atom. The number of hydrogen-bond donors (Lipinski definition) is 1. The maximum absolute atomic E-state index is 12.5. The van der Waals surface area contributed by atoms with E-state index in [9.17, 15) is 10.1 Å². The van der Waals surface area contributed by atoms with E-state index in [0.717, 1.165) is 25.7 Å². The Morgan fingerprint density at radius 3 is 2.79 bits per heavy atom. The van der Waals surface area contributed by atoms with Crippen molar-refractivity contribution in [3.05, 3.63) is 22.4 Å². The third-order valence-electron chi connectivity index (χ3n) is 3.96. The van der Waals surface area contributed by atoms with Gasteiger partial charge in [-0.05, 0) is 30.7 Å². The molecule has 1 heterocycles. The number of carbonyl (C=O) groups excluding carboxylic acids is 1. The first-order valence-electron chi connectivity index (χ1n) is 6.97. The van der Waals surface area contributed by atoms with Crippen molar-refractivity contribution in [2.75, 3.05) is 0 Å². The lowest BCUT2D eigenvalue weighted by Crippen LogP contribution is -2.42. The van der Waals surface area contributed by atoms with Gasteiger partial charge in [-0.1, -0.05) is 32.3 Å². The largest absolute Gasteiger partial charge is 0.347 e. The maximum atomic E-state index is 12.5. The van der Waals surface area contributed by atoms with Gasteiger partial charge in [0.2, 0.25) is 5.91 Å². The smallest absolute Gasteiger partial charge is 0.240 e. The van der Waals surface area contributed by atoms with Crippen LogP contribution in [0.5, 0.6) is 0 Å². The molecule has 0 bridgehead atoms. The van der Waals surface area contributed by atoms with E-state index in [1.165, 1.54) is 4.88 Å². The molecule has 1 atom stereocenters. The Hall–Kier alpha value is -1.34. The summed E-state index contributed by atoms with van der Waals surface area (Å²) in [5.41, 5.74) is -0.789. The molecule has 0 radical (unpaired) electrons. The quantitative estimate of drug-likeness (QED) is 0.909. The van der Waals surface area contributed by atoms with E-state index in [0.29, 0.717) is 12.8 Å². The first-order chi connectivity index (χ1) is 9.22. The number of thiophene rings is 1. The van der Waals surface area contributed by atoms with Gasteiger partial charge in [0.15, 0.2) is 0 Å². The highest BCUT2D eigenvalue weighted by molar-refractivity contribution is 7.10. The monoisotopic (exact) mass is 276 g/mol. The second-order valence-electron chi connectivity index (χ2n) is 5.20. The average Bonchev–Trinajstić information content (AvgIpc) is 2.99. The van der Waals surface area contributed by atoms with Crippen LogP contribution in [0.15, 0.2) is 17.5 Å². The summed E-state index contributed by atoms with van der Waals surface area (Å²) in [5.74, 6) is -0.0741. The van der Waals surface area contributed by atoms with Gasteiger partial charge in [0.05, 0.1) is 12.1 Å². The highest BCUT2D eigenvalue weighted by Crippen LogP contribution is 2.36. The van der Waals surface area contributed by atoms with E-state index in [2.05, 4.69) is 18.3 Å². The molecule has 0 aromatic carbocycles. The number of rotatable bonds is 4. The molecule has 0 saturated heterocycles. The fourth-order valence-electron chi connectivity index (χ4n) is 2.71. The number of carbonyl (C=O) groups is 1.